The van der Waals surface area contributed by atoms with Gasteiger partial charge in [0.2, 0.25) is 11.8 Å². The van der Waals surface area contributed by atoms with Crippen molar-refractivity contribution in [3.8, 4) is 5.88 Å². The Hall–Kier alpha value is -1.43. The third-order valence-corrected chi connectivity index (χ3v) is 2.18. The van der Waals surface area contributed by atoms with Crippen LogP contribution >= 0.6 is 12.2 Å². The van der Waals surface area contributed by atoms with Gasteiger partial charge in [-0.15, -0.1) is 0 Å². The molecule has 1 aromatic rings. The van der Waals surface area contributed by atoms with E-state index in [4.69, 9.17) is 17.0 Å². The second-order valence-electron chi connectivity index (χ2n) is 4.10. The molecule has 0 unspecified atom stereocenters. The summed E-state index contributed by atoms with van der Waals surface area (Å²) in [5.41, 5.74) is 0.825. The van der Waals surface area contributed by atoms with Crippen LogP contribution in [0.15, 0.2) is 6.07 Å². The Balaban J connectivity index is 2.61. The highest BCUT2D eigenvalue weighted by Crippen LogP contribution is 2.10. The van der Waals surface area contributed by atoms with E-state index in [0.717, 1.165) is 12.2 Å². The lowest BCUT2D eigenvalue weighted by Crippen LogP contribution is -2.32. The van der Waals surface area contributed by atoms with Gasteiger partial charge in [-0.05, 0) is 25.1 Å². The lowest BCUT2D eigenvalue weighted by molar-refractivity contribution is 0.397. The fourth-order valence-corrected chi connectivity index (χ4v) is 1.32. The van der Waals surface area contributed by atoms with Crippen molar-refractivity contribution >= 4 is 23.3 Å². The molecule has 1 rings (SSSR count). The maximum absolute atomic E-state index is 5.13. The number of thiocarbonyl (C=S) groups is 1. The number of methoxy groups -OCH3 is 1. The standard InChI is InChI=1S/C11H18N4OS/c1-7(2)6-12-11(17)15-10-13-8(3)5-9(14-10)16-4/h5,7H,6H2,1-4H3,(H2,12,13,14,15,17). The summed E-state index contributed by atoms with van der Waals surface area (Å²) in [7, 11) is 1.57. The van der Waals surface area contributed by atoms with Gasteiger partial charge < -0.3 is 15.4 Å². The number of anilines is 1. The molecule has 6 heteroatoms. The van der Waals surface area contributed by atoms with E-state index in [0.29, 0.717) is 22.9 Å². The summed E-state index contributed by atoms with van der Waals surface area (Å²) in [6.45, 7) is 6.92. The average Bonchev–Trinajstić information content (AvgIpc) is 2.25. The Labute approximate surface area is 107 Å². The number of nitrogens with one attached hydrogen (secondary N) is 2. The maximum Gasteiger partial charge on any atom is 0.232 e. The van der Waals surface area contributed by atoms with E-state index in [2.05, 4.69) is 34.4 Å². The lowest BCUT2D eigenvalue weighted by atomic mass is 10.2. The van der Waals surface area contributed by atoms with Gasteiger partial charge >= 0.3 is 0 Å². The van der Waals surface area contributed by atoms with Crippen LogP contribution in [0.3, 0.4) is 0 Å². The van der Waals surface area contributed by atoms with Gasteiger partial charge in [0.25, 0.3) is 0 Å². The van der Waals surface area contributed by atoms with Gasteiger partial charge in [-0.3, -0.25) is 0 Å². The molecule has 0 radical (unpaired) electrons. The largest absolute Gasteiger partial charge is 0.481 e. The molecule has 0 saturated carbocycles. The van der Waals surface area contributed by atoms with E-state index in [9.17, 15) is 0 Å². The van der Waals surface area contributed by atoms with Crippen molar-refractivity contribution in [2.24, 2.45) is 5.92 Å². The third-order valence-electron chi connectivity index (χ3n) is 1.94. The molecule has 5 nitrogen and oxygen atoms in total. The monoisotopic (exact) mass is 254 g/mol. The van der Waals surface area contributed by atoms with Gasteiger partial charge in [0.05, 0.1) is 7.11 Å². The minimum Gasteiger partial charge on any atom is -0.481 e. The van der Waals surface area contributed by atoms with Crippen molar-refractivity contribution in [1.82, 2.24) is 15.3 Å². The number of hydrogen-bond acceptors (Lipinski definition) is 4. The zero-order chi connectivity index (χ0) is 12.8. The van der Waals surface area contributed by atoms with Crippen LogP contribution in [-0.2, 0) is 0 Å². The summed E-state index contributed by atoms with van der Waals surface area (Å²) in [4.78, 5) is 8.37. The molecule has 1 heterocycles. The van der Waals surface area contributed by atoms with E-state index in [1.165, 1.54) is 0 Å². The van der Waals surface area contributed by atoms with Crippen molar-refractivity contribution in [3.63, 3.8) is 0 Å². The van der Waals surface area contributed by atoms with Crippen LogP contribution in [0.25, 0.3) is 0 Å². The average molecular weight is 254 g/mol. The van der Waals surface area contributed by atoms with Gasteiger partial charge in [0.1, 0.15) is 0 Å². The molecule has 1 aromatic heterocycles. The van der Waals surface area contributed by atoms with Gasteiger partial charge in [-0.25, -0.2) is 4.98 Å². The fourth-order valence-electron chi connectivity index (χ4n) is 1.14. The maximum atomic E-state index is 5.13. The topological polar surface area (TPSA) is 59.1 Å². The van der Waals surface area contributed by atoms with E-state index in [-0.39, 0.29) is 0 Å². The van der Waals surface area contributed by atoms with Crippen LogP contribution in [0.1, 0.15) is 19.5 Å². The summed E-state index contributed by atoms with van der Waals surface area (Å²) in [6, 6.07) is 1.76. The first-order valence-corrected chi connectivity index (χ1v) is 5.86. The summed E-state index contributed by atoms with van der Waals surface area (Å²) in [6.07, 6.45) is 0. The molecule has 0 amide bonds. The Morgan fingerprint density at radius 2 is 2.18 bits per heavy atom. The fraction of sp³-hybridized carbons (Fsp3) is 0.545. The van der Waals surface area contributed by atoms with Crippen molar-refractivity contribution in [2.75, 3.05) is 19.0 Å². The first-order chi connectivity index (χ1) is 8.01. The van der Waals surface area contributed by atoms with Crippen LogP contribution in [-0.4, -0.2) is 28.7 Å². The minimum absolute atomic E-state index is 0.447. The summed E-state index contributed by atoms with van der Waals surface area (Å²) in [5, 5.41) is 6.54. The Bertz CT molecular complexity index is 395. The minimum atomic E-state index is 0.447. The molecule has 0 aliphatic heterocycles. The number of hydrogen-bond donors (Lipinski definition) is 2. The van der Waals surface area contributed by atoms with E-state index >= 15 is 0 Å². The van der Waals surface area contributed by atoms with Crippen molar-refractivity contribution in [1.29, 1.82) is 0 Å². The van der Waals surface area contributed by atoms with Gasteiger partial charge in [0.15, 0.2) is 5.11 Å². The van der Waals surface area contributed by atoms with Crippen LogP contribution in [0.2, 0.25) is 0 Å². The van der Waals surface area contributed by atoms with Gasteiger partial charge in [-0.1, -0.05) is 13.8 Å². The molecule has 0 saturated heterocycles. The molecule has 94 valence electrons. The summed E-state index contributed by atoms with van der Waals surface area (Å²) >= 11 is 5.13. The Kier molecular flexibility index (Phi) is 5.09. The van der Waals surface area contributed by atoms with Crippen molar-refractivity contribution in [2.45, 2.75) is 20.8 Å². The number of aryl methyl sites for hydroxylation is 1. The Morgan fingerprint density at radius 3 is 2.76 bits per heavy atom. The van der Waals surface area contributed by atoms with Crippen molar-refractivity contribution < 1.29 is 4.74 Å². The third kappa shape index (κ3) is 4.95. The first-order valence-electron chi connectivity index (χ1n) is 5.45. The normalized spacial score (nSPS) is 10.2. The molecule has 0 fully saturated rings. The van der Waals surface area contributed by atoms with Crippen LogP contribution in [0.5, 0.6) is 5.88 Å². The number of aromatic nitrogens is 2. The first kappa shape index (κ1) is 13.6. The highest BCUT2D eigenvalue weighted by Gasteiger charge is 2.04. The van der Waals surface area contributed by atoms with Crippen LogP contribution < -0.4 is 15.4 Å². The summed E-state index contributed by atoms with van der Waals surface area (Å²) < 4.78 is 5.06. The second-order valence-corrected chi connectivity index (χ2v) is 4.51. The predicted molar refractivity (Wildman–Crippen MR) is 72.4 cm³/mol. The molecule has 0 atom stereocenters. The molecule has 0 aliphatic rings. The molecule has 2 N–H and O–H groups in total. The lowest BCUT2D eigenvalue weighted by Gasteiger charge is -2.11. The van der Waals surface area contributed by atoms with Gasteiger partial charge in [-0.2, -0.15) is 4.98 Å². The SMILES string of the molecule is COc1cc(C)nc(NC(=S)NCC(C)C)n1. The van der Waals surface area contributed by atoms with E-state index in [1.54, 1.807) is 13.2 Å². The number of ether oxygens (including phenoxy) is 1. The molecule has 0 spiro atoms. The molecule has 0 aliphatic carbocycles. The molecular formula is C11H18N4OS. The summed E-state index contributed by atoms with van der Waals surface area (Å²) in [5.74, 6) is 1.50. The highest BCUT2D eigenvalue weighted by atomic mass is 32.1. The molecule has 0 bridgehead atoms. The van der Waals surface area contributed by atoms with E-state index < -0.39 is 0 Å². The Morgan fingerprint density at radius 1 is 1.47 bits per heavy atom. The molecule has 17 heavy (non-hydrogen) atoms. The molecule has 0 aromatic carbocycles. The molecular weight excluding hydrogens is 236 g/mol. The zero-order valence-corrected chi connectivity index (χ0v) is 11.4. The second kappa shape index (κ2) is 6.34. The van der Waals surface area contributed by atoms with E-state index in [1.807, 2.05) is 6.92 Å². The number of rotatable bonds is 4. The zero-order valence-electron chi connectivity index (χ0n) is 10.6. The van der Waals surface area contributed by atoms with Crippen LogP contribution in [0.4, 0.5) is 5.95 Å². The smallest absolute Gasteiger partial charge is 0.232 e. The predicted octanol–water partition coefficient (Wildman–Crippen LogP) is 1.74. The highest BCUT2D eigenvalue weighted by molar-refractivity contribution is 7.80. The number of nitrogens with zero attached hydrogens (tertiary/aromatic N) is 2. The van der Waals surface area contributed by atoms with Crippen molar-refractivity contribution in [3.05, 3.63) is 11.8 Å². The van der Waals surface area contributed by atoms with Crippen LogP contribution in [0, 0.1) is 12.8 Å². The quantitative estimate of drug-likeness (QED) is 0.798. The van der Waals surface area contributed by atoms with Gasteiger partial charge in [0, 0.05) is 18.3 Å².